The molecule has 1 fully saturated rings. The molecule has 0 radical (unpaired) electrons. The van der Waals surface area contributed by atoms with Crippen LogP contribution < -0.4 is 4.90 Å². The molecule has 0 spiro atoms. The Morgan fingerprint density at radius 1 is 1.13 bits per heavy atom. The Hall–Kier alpha value is -1.09. The molecule has 0 amide bonds. The maximum Gasteiger partial charge on any atom is 0.175 e. The highest BCUT2D eigenvalue weighted by atomic mass is 32.1. The fraction of sp³-hybridized carbons (Fsp3) is 0.417. The van der Waals surface area contributed by atoms with E-state index < -0.39 is 0 Å². The molecule has 15 heavy (non-hydrogen) atoms. The number of aryl methyl sites for hydroxylation is 2. The maximum absolute atomic E-state index is 5.42. The van der Waals surface area contributed by atoms with Crippen molar-refractivity contribution in [1.82, 2.24) is 4.90 Å². The van der Waals surface area contributed by atoms with Crippen LogP contribution in [0.5, 0.6) is 0 Å². The second-order valence-corrected chi connectivity index (χ2v) is 4.46. The highest BCUT2D eigenvalue weighted by Gasteiger charge is 2.24. The van der Waals surface area contributed by atoms with Crippen LogP contribution in [0.2, 0.25) is 0 Å². The maximum atomic E-state index is 5.42. The minimum atomic E-state index is 0.937. The predicted molar refractivity (Wildman–Crippen MR) is 68.5 cm³/mol. The molecule has 0 atom stereocenters. The Bertz CT molecular complexity index is 380. The molecule has 80 valence electrons. The lowest BCUT2D eigenvalue weighted by atomic mass is 10.1. The first-order valence-electron chi connectivity index (χ1n) is 5.20. The van der Waals surface area contributed by atoms with Crippen molar-refractivity contribution in [3.05, 3.63) is 29.3 Å². The number of hydrogen-bond donors (Lipinski definition) is 0. The number of rotatable bonds is 1. The van der Waals surface area contributed by atoms with Crippen molar-refractivity contribution in [3.63, 3.8) is 0 Å². The number of benzene rings is 1. The average molecular weight is 220 g/mol. The zero-order valence-corrected chi connectivity index (χ0v) is 10.3. The summed E-state index contributed by atoms with van der Waals surface area (Å²) >= 11 is 5.42. The van der Waals surface area contributed by atoms with Crippen molar-refractivity contribution in [2.75, 3.05) is 25.0 Å². The van der Waals surface area contributed by atoms with E-state index in [1.165, 1.54) is 16.8 Å². The molecule has 3 heteroatoms. The quantitative estimate of drug-likeness (QED) is 0.671. The van der Waals surface area contributed by atoms with Crippen molar-refractivity contribution < 1.29 is 0 Å². The van der Waals surface area contributed by atoms with Crippen LogP contribution in [0.3, 0.4) is 0 Å². The van der Waals surface area contributed by atoms with Gasteiger partial charge in [0.15, 0.2) is 5.11 Å². The largest absolute Gasteiger partial charge is 0.350 e. The number of thiocarbonyl (C=S) groups is 1. The van der Waals surface area contributed by atoms with Gasteiger partial charge in [-0.3, -0.25) is 0 Å². The third kappa shape index (κ3) is 1.72. The van der Waals surface area contributed by atoms with Crippen LogP contribution >= 0.6 is 12.2 Å². The second kappa shape index (κ2) is 3.81. The van der Waals surface area contributed by atoms with Crippen LogP contribution in [0.4, 0.5) is 5.69 Å². The smallest absolute Gasteiger partial charge is 0.175 e. The van der Waals surface area contributed by atoms with Gasteiger partial charge in [0.05, 0.1) is 0 Å². The summed E-state index contributed by atoms with van der Waals surface area (Å²) in [6.45, 7) is 6.31. The van der Waals surface area contributed by atoms with E-state index in [0.717, 1.165) is 18.2 Å². The van der Waals surface area contributed by atoms with Crippen LogP contribution in [-0.2, 0) is 0 Å². The third-order valence-electron chi connectivity index (χ3n) is 2.93. The molecule has 0 bridgehead atoms. The van der Waals surface area contributed by atoms with Crippen molar-refractivity contribution in [2.45, 2.75) is 13.8 Å². The van der Waals surface area contributed by atoms with Gasteiger partial charge in [0.2, 0.25) is 0 Å². The standard InChI is InChI=1S/C12H16N2S/c1-9-5-4-6-10(2)11(9)14-8-7-13(3)12(14)15/h4-6H,7-8H2,1-3H3. The van der Waals surface area contributed by atoms with E-state index >= 15 is 0 Å². The lowest BCUT2D eigenvalue weighted by Crippen LogP contribution is -2.29. The fourth-order valence-corrected chi connectivity index (χ4v) is 2.36. The molecule has 0 saturated carbocycles. The molecule has 1 saturated heterocycles. The number of likely N-dealkylation sites (N-methyl/N-ethyl adjacent to an activating group) is 1. The van der Waals surface area contributed by atoms with Gasteiger partial charge in [-0.1, -0.05) is 18.2 Å². The summed E-state index contributed by atoms with van der Waals surface area (Å²) in [5.41, 5.74) is 3.88. The highest BCUT2D eigenvalue weighted by molar-refractivity contribution is 7.80. The van der Waals surface area contributed by atoms with Gasteiger partial charge < -0.3 is 9.80 Å². The monoisotopic (exact) mass is 220 g/mol. The highest BCUT2D eigenvalue weighted by Crippen LogP contribution is 2.27. The summed E-state index contributed by atoms with van der Waals surface area (Å²) in [5.74, 6) is 0. The molecule has 0 N–H and O–H groups in total. The van der Waals surface area contributed by atoms with E-state index in [0.29, 0.717) is 0 Å². The first-order chi connectivity index (χ1) is 7.11. The van der Waals surface area contributed by atoms with Gasteiger partial charge in [0.1, 0.15) is 0 Å². The van der Waals surface area contributed by atoms with Gasteiger partial charge >= 0.3 is 0 Å². The minimum Gasteiger partial charge on any atom is -0.350 e. The number of hydrogen-bond acceptors (Lipinski definition) is 1. The first kappa shape index (κ1) is 10.4. The van der Waals surface area contributed by atoms with Crippen LogP contribution in [0.15, 0.2) is 18.2 Å². The first-order valence-corrected chi connectivity index (χ1v) is 5.61. The summed E-state index contributed by atoms with van der Waals surface area (Å²) < 4.78 is 0. The predicted octanol–water partition coefficient (Wildman–Crippen LogP) is 2.34. The molecule has 0 aliphatic carbocycles. The number of anilines is 1. The summed E-state index contributed by atoms with van der Waals surface area (Å²) in [6.07, 6.45) is 0. The number of para-hydroxylation sites is 1. The summed E-state index contributed by atoms with van der Waals surface area (Å²) in [6, 6.07) is 6.38. The van der Waals surface area contributed by atoms with E-state index in [-0.39, 0.29) is 0 Å². The molecule has 1 aromatic rings. The molecule has 0 aromatic heterocycles. The molecule has 0 unspecified atom stereocenters. The molecule has 1 aromatic carbocycles. The Morgan fingerprint density at radius 3 is 2.20 bits per heavy atom. The van der Waals surface area contributed by atoms with Gasteiger partial charge in [-0.05, 0) is 37.2 Å². The lowest BCUT2D eigenvalue weighted by molar-refractivity contribution is 0.571. The van der Waals surface area contributed by atoms with Gasteiger partial charge in [-0.25, -0.2) is 0 Å². The molecule has 2 rings (SSSR count). The van der Waals surface area contributed by atoms with E-state index in [1.54, 1.807) is 0 Å². The van der Waals surface area contributed by atoms with Crippen LogP contribution in [0.1, 0.15) is 11.1 Å². The number of nitrogens with zero attached hydrogens (tertiary/aromatic N) is 2. The zero-order chi connectivity index (χ0) is 11.0. The van der Waals surface area contributed by atoms with E-state index in [1.807, 2.05) is 0 Å². The summed E-state index contributed by atoms with van der Waals surface area (Å²) in [4.78, 5) is 4.36. The van der Waals surface area contributed by atoms with Crippen molar-refractivity contribution in [2.24, 2.45) is 0 Å². The van der Waals surface area contributed by atoms with Gasteiger partial charge in [-0.2, -0.15) is 0 Å². The van der Waals surface area contributed by atoms with E-state index in [2.05, 4.69) is 48.9 Å². The van der Waals surface area contributed by atoms with Gasteiger partial charge in [0.25, 0.3) is 0 Å². The van der Waals surface area contributed by atoms with E-state index in [9.17, 15) is 0 Å². The molecule has 1 aliphatic rings. The minimum absolute atomic E-state index is 0.937. The topological polar surface area (TPSA) is 6.48 Å². The SMILES string of the molecule is Cc1cccc(C)c1N1CCN(C)C1=S. The van der Waals surface area contributed by atoms with Gasteiger partial charge in [-0.15, -0.1) is 0 Å². The molecule has 1 aliphatic heterocycles. The Labute approximate surface area is 96.5 Å². The Balaban J connectivity index is 2.42. The van der Waals surface area contributed by atoms with Crippen molar-refractivity contribution >= 4 is 23.0 Å². The normalized spacial score (nSPS) is 16.3. The Kier molecular flexibility index (Phi) is 2.65. The van der Waals surface area contributed by atoms with E-state index in [4.69, 9.17) is 12.2 Å². The van der Waals surface area contributed by atoms with Crippen molar-refractivity contribution in [3.8, 4) is 0 Å². The Morgan fingerprint density at radius 2 is 1.73 bits per heavy atom. The average Bonchev–Trinajstić information content (AvgIpc) is 2.49. The third-order valence-corrected chi connectivity index (χ3v) is 3.46. The van der Waals surface area contributed by atoms with Crippen LogP contribution in [-0.4, -0.2) is 30.1 Å². The fourth-order valence-electron chi connectivity index (χ4n) is 2.09. The van der Waals surface area contributed by atoms with Crippen molar-refractivity contribution in [1.29, 1.82) is 0 Å². The van der Waals surface area contributed by atoms with Crippen LogP contribution in [0.25, 0.3) is 0 Å². The summed E-state index contributed by atoms with van der Waals surface area (Å²) in [5, 5.41) is 0.937. The van der Waals surface area contributed by atoms with Crippen LogP contribution in [0, 0.1) is 13.8 Å². The molecular formula is C12H16N2S. The van der Waals surface area contributed by atoms with Gasteiger partial charge in [0, 0.05) is 25.8 Å². The molecular weight excluding hydrogens is 204 g/mol. The second-order valence-electron chi connectivity index (χ2n) is 4.10. The summed E-state index contributed by atoms with van der Waals surface area (Å²) in [7, 11) is 2.05. The zero-order valence-electron chi connectivity index (χ0n) is 9.45. The lowest BCUT2D eigenvalue weighted by Gasteiger charge is -2.23. The molecule has 1 heterocycles. The molecule has 2 nitrogen and oxygen atoms in total.